The van der Waals surface area contributed by atoms with E-state index in [9.17, 15) is 18.0 Å². The number of hydrogen-bond acceptors (Lipinski definition) is 4. The fraction of sp³-hybridized carbons (Fsp3) is 0.130. The van der Waals surface area contributed by atoms with Crippen molar-refractivity contribution in [3.8, 4) is 0 Å². The highest BCUT2D eigenvalue weighted by Gasteiger charge is 2.26. The van der Waals surface area contributed by atoms with Gasteiger partial charge in [0.15, 0.2) is 5.78 Å². The molecule has 3 rings (SSSR count). The van der Waals surface area contributed by atoms with E-state index in [4.69, 9.17) is 0 Å². The lowest BCUT2D eigenvalue weighted by atomic mass is 10.1. The topological polar surface area (TPSA) is 92.3 Å². The number of carbonyl (C=O) groups excluding carboxylic acids is 2. The summed E-state index contributed by atoms with van der Waals surface area (Å²) >= 11 is 0. The molecule has 154 valence electrons. The van der Waals surface area contributed by atoms with Crippen molar-refractivity contribution in [3.05, 3.63) is 96.1 Å². The maximum atomic E-state index is 13.0. The number of nitrogens with one attached hydrogen (secondary N) is 2. The summed E-state index contributed by atoms with van der Waals surface area (Å²) in [6.45, 7) is 1.44. The Morgan fingerprint density at radius 3 is 2.13 bits per heavy atom. The molecule has 0 saturated heterocycles. The quantitative estimate of drug-likeness (QED) is 0.544. The number of hydrogen-bond donors (Lipinski definition) is 2. The van der Waals surface area contributed by atoms with Crippen LogP contribution < -0.4 is 10.0 Å². The van der Waals surface area contributed by atoms with Crippen LogP contribution >= 0.6 is 0 Å². The monoisotopic (exact) mass is 422 g/mol. The molecule has 7 heteroatoms. The first-order valence-electron chi connectivity index (χ1n) is 9.38. The van der Waals surface area contributed by atoms with Gasteiger partial charge in [0, 0.05) is 11.3 Å². The summed E-state index contributed by atoms with van der Waals surface area (Å²) < 4.78 is 28.1. The van der Waals surface area contributed by atoms with Gasteiger partial charge in [0.2, 0.25) is 15.9 Å². The summed E-state index contributed by atoms with van der Waals surface area (Å²) in [7, 11) is -3.90. The highest BCUT2D eigenvalue weighted by Crippen LogP contribution is 2.15. The molecule has 0 aliphatic heterocycles. The van der Waals surface area contributed by atoms with Gasteiger partial charge < -0.3 is 5.32 Å². The van der Waals surface area contributed by atoms with Gasteiger partial charge in [0.05, 0.1) is 4.90 Å². The summed E-state index contributed by atoms with van der Waals surface area (Å²) in [4.78, 5) is 24.7. The Labute approximate surface area is 176 Å². The molecule has 0 aliphatic carbocycles. The molecular formula is C23H22N2O4S. The van der Waals surface area contributed by atoms with Crippen molar-refractivity contribution >= 4 is 27.4 Å². The molecule has 0 spiro atoms. The van der Waals surface area contributed by atoms with E-state index < -0.39 is 22.0 Å². The Balaban J connectivity index is 1.86. The Kier molecular flexibility index (Phi) is 6.76. The van der Waals surface area contributed by atoms with Crippen molar-refractivity contribution in [3.63, 3.8) is 0 Å². The van der Waals surface area contributed by atoms with Gasteiger partial charge in [-0.15, -0.1) is 0 Å². The first-order valence-corrected chi connectivity index (χ1v) is 10.9. The lowest BCUT2D eigenvalue weighted by Gasteiger charge is -2.19. The van der Waals surface area contributed by atoms with Crippen molar-refractivity contribution in [1.82, 2.24) is 4.72 Å². The van der Waals surface area contributed by atoms with E-state index in [1.54, 1.807) is 42.5 Å². The third kappa shape index (κ3) is 5.62. The van der Waals surface area contributed by atoms with Gasteiger partial charge in [0.1, 0.15) is 6.04 Å². The molecule has 0 aromatic heterocycles. The number of sulfonamides is 1. The molecule has 0 aliphatic rings. The van der Waals surface area contributed by atoms with Crippen LogP contribution in [-0.4, -0.2) is 26.2 Å². The molecule has 3 aromatic rings. The lowest BCUT2D eigenvalue weighted by Crippen LogP contribution is -2.45. The summed E-state index contributed by atoms with van der Waals surface area (Å²) in [6.07, 6.45) is 0.172. The van der Waals surface area contributed by atoms with Crippen LogP contribution in [-0.2, 0) is 21.2 Å². The Morgan fingerprint density at radius 2 is 1.50 bits per heavy atom. The SMILES string of the molecule is CC(=O)c1cccc(NC(=O)[C@H](Cc2ccccc2)NS(=O)(=O)c2ccccc2)c1. The molecule has 1 atom stereocenters. The van der Waals surface area contributed by atoms with E-state index >= 15 is 0 Å². The van der Waals surface area contributed by atoms with Crippen LogP contribution in [0.2, 0.25) is 0 Å². The first-order chi connectivity index (χ1) is 14.3. The lowest BCUT2D eigenvalue weighted by molar-refractivity contribution is -0.117. The molecule has 2 N–H and O–H groups in total. The van der Waals surface area contributed by atoms with E-state index in [0.717, 1.165) is 5.56 Å². The zero-order valence-electron chi connectivity index (χ0n) is 16.4. The molecule has 30 heavy (non-hydrogen) atoms. The fourth-order valence-electron chi connectivity index (χ4n) is 2.94. The number of Topliss-reactive ketones (excluding diaryl/α,β-unsaturated/α-hetero) is 1. The van der Waals surface area contributed by atoms with Crippen molar-refractivity contribution < 1.29 is 18.0 Å². The molecule has 0 saturated carbocycles. The largest absolute Gasteiger partial charge is 0.325 e. The van der Waals surface area contributed by atoms with Gasteiger partial charge in [-0.2, -0.15) is 4.72 Å². The maximum Gasteiger partial charge on any atom is 0.242 e. The minimum absolute atomic E-state index is 0.0782. The average Bonchev–Trinajstić information content (AvgIpc) is 2.74. The summed E-state index contributed by atoms with van der Waals surface area (Å²) in [5.74, 6) is -0.643. The van der Waals surface area contributed by atoms with Crippen LogP contribution in [0.15, 0.2) is 89.8 Å². The van der Waals surface area contributed by atoms with Gasteiger partial charge in [-0.25, -0.2) is 8.42 Å². The molecular weight excluding hydrogens is 400 g/mol. The Bertz CT molecular complexity index is 1130. The second-order valence-corrected chi connectivity index (χ2v) is 8.52. The second-order valence-electron chi connectivity index (χ2n) is 6.80. The minimum atomic E-state index is -3.90. The first kappa shape index (κ1) is 21.4. The van der Waals surface area contributed by atoms with Crippen LogP contribution in [0.4, 0.5) is 5.69 Å². The Hall–Kier alpha value is -3.29. The maximum absolute atomic E-state index is 13.0. The predicted octanol–water partition coefficient (Wildman–Crippen LogP) is 3.42. The molecule has 0 bridgehead atoms. The van der Waals surface area contributed by atoms with E-state index in [-0.39, 0.29) is 17.1 Å². The van der Waals surface area contributed by atoms with Gasteiger partial charge in [-0.1, -0.05) is 60.7 Å². The van der Waals surface area contributed by atoms with Crippen LogP contribution in [0.3, 0.4) is 0 Å². The van der Waals surface area contributed by atoms with Crippen molar-refractivity contribution in [2.24, 2.45) is 0 Å². The van der Waals surface area contributed by atoms with Gasteiger partial charge in [0.25, 0.3) is 0 Å². The molecule has 0 unspecified atom stereocenters. The molecule has 0 heterocycles. The zero-order valence-corrected chi connectivity index (χ0v) is 17.2. The number of rotatable bonds is 8. The third-order valence-corrected chi connectivity index (χ3v) is 5.97. The van der Waals surface area contributed by atoms with Gasteiger partial charge in [-0.05, 0) is 43.2 Å². The molecule has 6 nitrogen and oxygen atoms in total. The van der Waals surface area contributed by atoms with E-state index in [1.165, 1.54) is 19.1 Å². The molecule has 0 radical (unpaired) electrons. The fourth-order valence-corrected chi connectivity index (χ4v) is 4.15. The standard InChI is InChI=1S/C23H22N2O4S/c1-17(26)19-11-8-12-20(16-19)24-23(27)22(15-18-9-4-2-5-10-18)25-30(28,29)21-13-6-3-7-14-21/h2-14,16,22,25H,15H2,1H3,(H,24,27)/t22-/m0/s1. The number of anilines is 1. The normalized spacial score (nSPS) is 12.2. The van der Waals surface area contributed by atoms with Crippen molar-refractivity contribution in [2.75, 3.05) is 5.32 Å². The van der Waals surface area contributed by atoms with Crippen LogP contribution in [0, 0.1) is 0 Å². The van der Waals surface area contributed by atoms with E-state index in [2.05, 4.69) is 10.0 Å². The van der Waals surface area contributed by atoms with E-state index in [1.807, 2.05) is 30.3 Å². The van der Waals surface area contributed by atoms with E-state index in [0.29, 0.717) is 11.3 Å². The highest BCUT2D eigenvalue weighted by atomic mass is 32.2. The third-order valence-electron chi connectivity index (χ3n) is 4.49. The molecule has 3 aromatic carbocycles. The smallest absolute Gasteiger partial charge is 0.242 e. The number of ketones is 1. The summed E-state index contributed by atoms with van der Waals surface area (Å²) in [5.41, 5.74) is 1.69. The zero-order chi connectivity index (χ0) is 21.6. The van der Waals surface area contributed by atoms with Crippen molar-refractivity contribution in [2.45, 2.75) is 24.3 Å². The van der Waals surface area contributed by atoms with Gasteiger partial charge >= 0.3 is 0 Å². The predicted molar refractivity (Wildman–Crippen MR) is 116 cm³/mol. The highest BCUT2D eigenvalue weighted by molar-refractivity contribution is 7.89. The van der Waals surface area contributed by atoms with Crippen molar-refractivity contribution in [1.29, 1.82) is 0 Å². The molecule has 1 amide bonds. The molecule has 0 fully saturated rings. The summed E-state index contributed by atoms with van der Waals surface area (Å²) in [6, 6.07) is 22.5. The van der Waals surface area contributed by atoms with Gasteiger partial charge in [-0.3, -0.25) is 9.59 Å². The van der Waals surface area contributed by atoms with Crippen LogP contribution in [0.1, 0.15) is 22.8 Å². The average molecular weight is 423 g/mol. The van der Waals surface area contributed by atoms with Crippen LogP contribution in [0.25, 0.3) is 0 Å². The summed E-state index contributed by atoms with van der Waals surface area (Å²) in [5, 5.41) is 2.71. The second kappa shape index (κ2) is 9.47. The van der Waals surface area contributed by atoms with Crippen LogP contribution in [0.5, 0.6) is 0 Å². The number of benzene rings is 3. The number of amides is 1. The Morgan fingerprint density at radius 1 is 0.867 bits per heavy atom. The number of carbonyl (C=O) groups is 2. The minimum Gasteiger partial charge on any atom is -0.325 e.